The Kier molecular flexibility index (Phi) is 3.37. The molecule has 1 heterocycles. The zero-order valence-electron chi connectivity index (χ0n) is 6.78. The number of nitrogens with zero attached hydrogens (tertiary/aromatic N) is 1. The standard InChI is InChI=1S/C8H17N.CH4/c1-8(2,3)7-9-5-4-6-9;/h4-7H2,1-3H3;1H4. The van der Waals surface area contributed by atoms with Gasteiger partial charge in [-0.25, -0.2) is 0 Å². The molecule has 0 bridgehead atoms. The highest BCUT2D eigenvalue weighted by Gasteiger charge is 2.20. The lowest BCUT2D eigenvalue weighted by atomic mass is 9.95. The molecule has 62 valence electrons. The predicted octanol–water partition coefficient (Wildman–Crippen LogP) is 2.37. The molecule has 0 aromatic carbocycles. The van der Waals surface area contributed by atoms with E-state index in [1.807, 2.05) is 0 Å². The van der Waals surface area contributed by atoms with Gasteiger partial charge in [0.1, 0.15) is 0 Å². The van der Waals surface area contributed by atoms with Crippen LogP contribution in [0.5, 0.6) is 0 Å². The fourth-order valence-corrected chi connectivity index (χ4v) is 1.21. The van der Waals surface area contributed by atoms with Crippen molar-refractivity contribution in [3.05, 3.63) is 0 Å². The first-order valence-electron chi connectivity index (χ1n) is 3.80. The molecule has 0 N–H and O–H groups in total. The minimum atomic E-state index is 0. The van der Waals surface area contributed by atoms with Crippen LogP contribution in [0.15, 0.2) is 0 Å². The van der Waals surface area contributed by atoms with Gasteiger partial charge in [0.15, 0.2) is 0 Å². The van der Waals surface area contributed by atoms with Gasteiger partial charge in [-0.15, -0.1) is 0 Å². The Hall–Kier alpha value is -0.0400. The average molecular weight is 143 g/mol. The zero-order chi connectivity index (χ0) is 6.91. The smallest absolute Gasteiger partial charge is 0.00301 e. The third-order valence-electron chi connectivity index (χ3n) is 1.65. The molecule has 1 nitrogen and oxygen atoms in total. The molecule has 0 aliphatic carbocycles. The third-order valence-corrected chi connectivity index (χ3v) is 1.65. The zero-order valence-corrected chi connectivity index (χ0v) is 6.78. The summed E-state index contributed by atoms with van der Waals surface area (Å²) in [5, 5.41) is 0. The van der Waals surface area contributed by atoms with Crippen molar-refractivity contribution in [2.24, 2.45) is 5.41 Å². The summed E-state index contributed by atoms with van der Waals surface area (Å²) in [6.07, 6.45) is 1.41. The summed E-state index contributed by atoms with van der Waals surface area (Å²) in [5.41, 5.74) is 0.500. The Bertz CT molecular complexity index is 87.4. The monoisotopic (exact) mass is 143 g/mol. The molecule has 1 saturated heterocycles. The highest BCUT2D eigenvalue weighted by Crippen LogP contribution is 2.18. The van der Waals surface area contributed by atoms with Crippen LogP contribution in [0.3, 0.4) is 0 Å². The van der Waals surface area contributed by atoms with Gasteiger partial charge < -0.3 is 4.90 Å². The molecule has 0 aromatic rings. The summed E-state index contributed by atoms with van der Waals surface area (Å²) in [7, 11) is 0. The van der Waals surface area contributed by atoms with Crippen molar-refractivity contribution in [3.63, 3.8) is 0 Å². The fraction of sp³-hybridized carbons (Fsp3) is 1.00. The Morgan fingerprint density at radius 1 is 1.20 bits per heavy atom. The molecular formula is C9H21N. The Morgan fingerprint density at radius 2 is 1.70 bits per heavy atom. The van der Waals surface area contributed by atoms with Crippen molar-refractivity contribution < 1.29 is 0 Å². The maximum absolute atomic E-state index is 2.51. The van der Waals surface area contributed by atoms with E-state index in [4.69, 9.17) is 0 Å². The lowest BCUT2D eigenvalue weighted by molar-refractivity contribution is 0.125. The van der Waals surface area contributed by atoms with E-state index in [-0.39, 0.29) is 7.43 Å². The average Bonchev–Trinajstić information content (AvgIpc) is 1.53. The molecular weight excluding hydrogens is 122 g/mol. The lowest BCUT2D eigenvalue weighted by Gasteiger charge is -2.36. The Morgan fingerprint density at radius 3 is 1.80 bits per heavy atom. The van der Waals surface area contributed by atoms with Gasteiger partial charge in [0.25, 0.3) is 0 Å². The van der Waals surface area contributed by atoms with Gasteiger partial charge in [0, 0.05) is 6.54 Å². The van der Waals surface area contributed by atoms with Gasteiger partial charge in [0.2, 0.25) is 0 Å². The second-order valence-electron chi connectivity index (χ2n) is 4.19. The van der Waals surface area contributed by atoms with Crippen LogP contribution in [0, 0.1) is 5.41 Å². The molecule has 0 unspecified atom stereocenters. The fourth-order valence-electron chi connectivity index (χ4n) is 1.21. The first-order valence-corrected chi connectivity index (χ1v) is 3.80. The Balaban J connectivity index is 0.000000810. The van der Waals surface area contributed by atoms with Crippen LogP contribution in [0.25, 0.3) is 0 Å². The second kappa shape index (κ2) is 3.38. The summed E-state index contributed by atoms with van der Waals surface area (Å²) in [4.78, 5) is 2.51. The van der Waals surface area contributed by atoms with Gasteiger partial charge in [-0.05, 0) is 24.9 Å². The molecule has 0 spiro atoms. The quantitative estimate of drug-likeness (QED) is 0.544. The molecule has 1 aliphatic heterocycles. The van der Waals surface area contributed by atoms with E-state index in [0.29, 0.717) is 5.41 Å². The second-order valence-corrected chi connectivity index (χ2v) is 4.19. The highest BCUT2D eigenvalue weighted by atomic mass is 15.2. The molecule has 0 saturated carbocycles. The SMILES string of the molecule is C.CC(C)(C)CN1CCC1. The minimum absolute atomic E-state index is 0. The van der Waals surface area contributed by atoms with E-state index in [9.17, 15) is 0 Å². The van der Waals surface area contributed by atoms with Crippen molar-refractivity contribution in [1.29, 1.82) is 0 Å². The molecule has 1 rings (SSSR count). The van der Waals surface area contributed by atoms with Crippen molar-refractivity contribution in [2.75, 3.05) is 19.6 Å². The van der Waals surface area contributed by atoms with E-state index in [2.05, 4.69) is 25.7 Å². The molecule has 0 atom stereocenters. The van der Waals surface area contributed by atoms with E-state index in [1.165, 1.54) is 26.1 Å². The molecule has 0 amide bonds. The summed E-state index contributed by atoms with van der Waals surface area (Å²) >= 11 is 0. The molecule has 0 aromatic heterocycles. The molecule has 1 heteroatoms. The lowest BCUT2D eigenvalue weighted by Crippen LogP contribution is -2.42. The summed E-state index contributed by atoms with van der Waals surface area (Å²) in [6.45, 7) is 10.8. The number of rotatable bonds is 1. The highest BCUT2D eigenvalue weighted by molar-refractivity contribution is 4.74. The normalized spacial score (nSPS) is 19.5. The summed E-state index contributed by atoms with van der Waals surface area (Å²) < 4.78 is 0. The predicted molar refractivity (Wildman–Crippen MR) is 47.2 cm³/mol. The first-order chi connectivity index (χ1) is 4.08. The van der Waals surface area contributed by atoms with Crippen LogP contribution in [0.4, 0.5) is 0 Å². The maximum atomic E-state index is 2.51. The first kappa shape index (κ1) is 9.96. The number of hydrogen-bond acceptors (Lipinski definition) is 1. The van der Waals surface area contributed by atoms with E-state index >= 15 is 0 Å². The van der Waals surface area contributed by atoms with Gasteiger partial charge in [0.05, 0.1) is 0 Å². The van der Waals surface area contributed by atoms with E-state index in [0.717, 1.165) is 0 Å². The van der Waals surface area contributed by atoms with Crippen LogP contribution < -0.4 is 0 Å². The van der Waals surface area contributed by atoms with Crippen molar-refractivity contribution >= 4 is 0 Å². The maximum Gasteiger partial charge on any atom is 0.00301 e. The van der Waals surface area contributed by atoms with E-state index in [1.54, 1.807) is 0 Å². The number of hydrogen-bond donors (Lipinski definition) is 0. The molecule has 10 heavy (non-hydrogen) atoms. The van der Waals surface area contributed by atoms with Gasteiger partial charge in [-0.1, -0.05) is 28.2 Å². The van der Waals surface area contributed by atoms with Crippen LogP contribution in [-0.2, 0) is 0 Å². The van der Waals surface area contributed by atoms with Crippen LogP contribution in [-0.4, -0.2) is 24.5 Å². The Labute approximate surface area is 65.4 Å². The van der Waals surface area contributed by atoms with Crippen LogP contribution >= 0.6 is 0 Å². The van der Waals surface area contributed by atoms with Crippen molar-refractivity contribution in [2.45, 2.75) is 34.6 Å². The van der Waals surface area contributed by atoms with E-state index < -0.39 is 0 Å². The van der Waals surface area contributed by atoms with Crippen LogP contribution in [0.1, 0.15) is 34.6 Å². The molecule has 1 fully saturated rings. The largest absolute Gasteiger partial charge is 0.303 e. The third kappa shape index (κ3) is 3.21. The van der Waals surface area contributed by atoms with Crippen LogP contribution in [0.2, 0.25) is 0 Å². The summed E-state index contributed by atoms with van der Waals surface area (Å²) in [6, 6.07) is 0. The topological polar surface area (TPSA) is 3.24 Å². The van der Waals surface area contributed by atoms with Gasteiger partial charge in [-0.3, -0.25) is 0 Å². The minimum Gasteiger partial charge on any atom is -0.303 e. The van der Waals surface area contributed by atoms with Gasteiger partial charge in [-0.2, -0.15) is 0 Å². The molecule has 0 radical (unpaired) electrons. The number of likely N-dealkylation sites (tertiary alicyclic amines) is 1. The van der Waals surface area contributed by atoms with Crippen molar-refractivity contribution in [1.82, 2.24) is 4.90 Å². The molecule has 1 aliphatic rings. The van der Waals surface area contributed by atoms with Gasteiger partial charge >= 0.3 is 0 Å². The van der Waals surface area contributed by atoms with Crippen molar-refractivity contribution in [3.8, 4) is 0 Å². The summed E-state index contributed by atoms with van der Waals surface area (Å²) in [5.74, 6) is 0.